The third-order valence-electron chi connectivity index (χ3n) is 9.29. The molecule has 0 atom stereocenters. The number of aromatic amines is 1. The van der Waals surface area contributed by atoms with Gasteiger partial charge in [0.2, 0.25) is 5.82 Å². The molecule has 6 aromatic rings. The van der Waals surface area contributed by atoms with Crippen LogP contribution in [0.5, 0.6) is 0 Å². The number of rotatable bonds is 9. The highest BCUT2D eigenvalue weighted by molar-refractivity contribution is 6.38. The number of nitrogens with one attached hydrogen (secondary N) is 1. The summed E-state index contributed by atoms with van der Waals surface area (Å²) < 4.78 is 97.4. The first-order chi connectivity index (χ1) is 28.8. The predicted octanol–water partition coefficient (Wildman–Crippen LogP) is 6.34. The largest absolute Gasteiger partial charge is 0.462 e. The van der Waals surface area contributed by atoms with E-state index in [-0.39, 0.29) is 75.7 Å². The van der Waals surface area contributed by atoms with Gasteiger partial charge in [-0.1, -0.05) is 24.3 Å². The quantitative estimate of drug-likeness (QED) is 0.0329. The van der Waals surface area contributed by atoms with Crippen LogP contribution in [0.1, 0.15) is 39.1 Å². The summed E-state index contributed by atoms with van der Waals surface area (Å²) >= 11 is 0. The molecule has 0 fully saturated rings. The molecule has 5 heterocycles. The number of nitrogens with zero attached hydrogens (tertiary/aromatic N) is 3. The van der Waals surface area contributed by atoms with E-state index in [1.54, 1.807) is 24.3 Å². The minimum absolute atomic E-state index is 0.0537. The van der Waals surface area contributed by atoms with Crippen LogP contribution in [0.4, 0.5) is 22.0 Å². The lowest BCUT2D eigenvalue weighted by molar-refractivity contribution is -0.144. The Balaban J connectivity index is 1.87. The molecular weight excluding hydrogens is 795 g/mol. The van der Waals surface area contributed by atoms with Crippen molar-refractivity contribution in [3.63, 3.8) is 0 Å². The number of hydrogen-bond acceptors (Lipinski definition) is 11. The van der Waals surface area contributed by atoms with Gasteiger partial charge in [0.05, 0.1) is 65.4 Å². The average molecular weight is 827 g/mol. The number of esters is 4. The summed E-state index contributed by atoms with van der Waals surface area (Å²) in [6.07, 6.45) is 2.40. The lowest BCUT2D eigenvalue weighted by atomic mass is 10.0. The number of hydrogen-bond donors (Lipinski definition) is 1. The fourth-order valence-electron chi connectivity index (χ4n) is 6.77. The number of pyridine rings is 2. The lowest BCUT2D eigenvalue weighted by Gasteiger charge is -2.10. The summed E-state index contributed by atoms with van der Waals surface area (Å²) in [7, 11) is 0. The molecule has 8 bridgehead atoms. The molecule has 0 radical (unpaired) electrons. The first kappa shape index (κ1) is 40.9. The van der Waals surface area contributed by atoms with Crippen LogP contribution in [-0.2, 0) is 38.1 Å². The first-order valence-electron chi connectivity index (χ1n) is 18.5. The number of H-pyrrole nitrogens is 1. The Hall–Kier alpha value is -7.30. The lowest BCUT2D eigenvalue weighted by Crippen LogP contribution is -2.27. The Kier molecular flexibility index (Phi) is 11.3. The molecule has 1 aliphatic heterocycles. The second kappa shape index (κ2) is 16.5. The van der Waals surface area contributed by atoms with E-state index in [0.29, 0.717) is 10.8 Å². The monoisotopic (exact) mass is 826 g/mol. The van der Waals surface area contributed by atoms with Crippen molar-refractivity contribution >= 4 is 91.0 Å². The zero-order valence-corrected chi connectivity index (χ0v) is 32.1. The van der Waals surface area contributed by atoms with Crippen LogP contribution >= 0.6 is 0 Å². The zero-order chi connectivity index (χ0) is 43.0. The molecule has 0 saturated carbocycles. The number of carbonyl (C=O) groups excluding carboxylic acids is 4. The van der Waals surface area contributed by atoms with E-state index in [2.05, 4.69) is 9.97 Å². The Bertz CT molecular complexity index is 3020. The van der Waals surface area contributed by atoms with E-state index in [1.807, 2.05) is 0 Å². The molecule has 306 valence electrons. The van der Waals surface area contributed by atoms with E-state index < -0.39 is 80.9 Å². The highest BCUT2D eigenvalue weighted by Crippen LogP contribution is 2.36. The number of halogens is 5. The number of carbonyl (C=O) groups is 4. The second-order valence-electron chi connectivity index (χ2n) is 12.8. The van der Waals surface area contributed by atoms with Crippen LogP contribution in [0.3, 0.4) is 0 Å². The molecule has 0 spiro atoms. The Morgan fingerprint density at radius 3 is 1.37 bits per heavy atom. The van der Waals surface area contributed by atoms with Crippen molar-refractivity contribution < 1.29 is 60.1 Å². The molecule has 0 aliphatic carbocycles. The molecular formula is C43H31F5N4O8. The highest BCUT2D eigenvalue weighted by atomic mass is 19.2. The number of fused-ring (bicyclic) bond motifs is 6. The van der Waals surface area contributed by atoms with Gasteiger partial charge in [-0.15, -0.1) is 0 Å². The Labute approximate surface area is 335 Å². The van der Waals surface area contributed by atoms with Crippen molar-refractivity contribution in [1.82, 2.24) is 19.9 Å². The van der Waals surface area contributed by atoms with E-state index in [0.717, 1.165) is 6.08 Å². The third-order valence-corrected chi connectivity index (χ3v) is 9.29. The normalized spacial score (nSPS) is 11.6. The van der Waals surface area contributed by atoms with E-state index in [4.69, 9.17) is 28.9 Å². The molecule has 7 rings (SSSR count). The standard InChI is InChI=1S/C43H31F5N4O8/c1-5-57-40(53)31(41(54)58-6-2)28-23-17-15-21(49-23)27(30-33(44)35(46)37(48)36(47)34(30)45)22-16-18-24(50-22)29(32(42(55)59-7-3)43(56)60-8-4)26-14-12-20-10-9-19-11-13-25(28)51-38(19)39(20)52-26/h9-18,49H,5-8H2,1-4H3. The third kappa shape index (κ3) is 7.01. The van der Waals surface area contributed by atoms with Gasteiger partial charge >= 0.3 is 23.9 Å². The predicted molar refractivity (Wildman–Crippen MR) is 209 cm³/mol. The number of ether oxygens (including phenoxy) is 4. The molecule has 2 aromatic carbocycles. The molecule has 0 amide bonds. The Morgan fingerprint density at radius 2 is 0.883 bits per heavy atom. The van der Waals surface area contributed by atoms with Crippen molar-refractivity contribution in [2.75, 3.05) is 26.4 Å². The maximum Gasteiger partial charge on any atom is 0.346 e. The molecule has 4 aromatic heterocycles. The van der Waals surface area contributed by atoms with Crippen LogP contribution in [-0.4, -0.2) is 70.2 Å². The van der Waals surface area contributed by atoms with E-state index in [1.165, 1.54) is 58.0 Å². The maximum absolute atomic E-state index is 15.9. The van der Waals surface area contributed by atoms with Crippen molar-refractivity contribution in [1.29, 1.82) is 0 Å². The van der Waals surface area contributed by atoms with Gasteiger partial charge in [-0.3, -0.25) is 0 Å². The summed E-state index contributed by atoms with van der Waals surface area (Å²) in [4.78, 5) is 71.8. The van der Waals surface area contributed by atoms with Gasteiger partial charge < -0.3 is 23.9 Å². The van der Waals surface area contributed by atoms with Crippen LogP contribution in [0, 0.1) is 29.1 Å². The van der Waals surface area contributed by atoms with E-state index in [9.17, 15) is 23.6 Å². The second-order valence-corrected chi connectivity index (χ2v) is 12.8. The van der Waals surface area contributed by atoms with Gasteiger partial charge in [0, 0.05) is 37.8 Å². The smallest absolute Gasteiger partial charge is 0.346 e. The SMILES string of the molecule is CCOC(=O)C(C(=O)OCC)=c1c2nc(c(-c3c(F)c(F)c(F)c(F)c3F)c3ccc([nH]3)c(=C(C(=O)OCC)C(=O)OCC)c3ccc4ccc5ccc1nc5c4n3)C=C2. The summed E-state index contributed by atoms with van der Waals surface area (Å²) in [6.45, 7) is 5.29. The average Bonchev–Trinajstić information content (AvgIpc) is 3.92. The summed E-state index contributed by atoms with van der Waals surface area (Å²) in [5.41, 5.74) is -4.26. The zero-order valence-electron chi connectivity index (χ0n) is 32.1. The van der Waals surface area contributed by atoms with Crippen LogP contribution in [0.25, 0.3) is 78.3 Å². The van der Waals surface area contributed by atoms with E-state index >= 15 is 17.6 Å². The van der Waals surface area contributed by atoms with Gasteiger partial charge in [-0.25, -0.2) is 56.1 Å². The van der Waals surface area contributed by atoms with Crippen molar-refractivity contribution in [2.45, 2.75) is 27.7 Å². The number of aromatic nitrogens is 4. The van der Waals surface area contributed by atoms with Gasteiger partial charge in [-0.05, 0) is 64.1 Å². The van der Waals surface area contributed by atoms with Crippen molar-refractivity contribution in [3.05, 3.63) is 99.4 Å². The molecule has 60 heavy (non-hydrogen) atoms. The van der Waals surface area contributed by atoms with Crippen molar-refractivity contribution in [2.24, 2.45) is 0 Å². The summed E-state index contributed by atoms with van der Waals surface area (Å²) in [5.74, 6) is -16.0. The fraction of sp³-hybridized carbons (Fsp3) is 0.186. The summed E-state index contributed by atoms with van der Waals surface area (Å²) in [5, 5.41) is 0.510. The van der Waals surface area contributed by atoms with Crippen molar-refractivity contribution in [3.8, 4) is 11.1 Å². The fourth-order valence-corrected chi connectivity index (χ4v) is 6.77. The summed E-state index contributed by atoms with van der Waals surface area (Å²) in [6, 6.07) is 12.1. The molecule has 0 unspecified atom stereocenters. The molecule has 1 aliphatic rings. The minimum Gasteiger partial charge on any atom is -0.462 e. The topological polar surface area (TPSA) is 160 Å². The Morgan fingerprint density at radius 1 is 0.483 bits per heavy atom. The van der Waals surface area contributed by atoms with Gasteiger partial charge in [-0.2, -0.15) is 0 Å². The first-order valence-corrected chi connectivity index (χ1v) is 18.5. The van der Waals surface area contributed by atoms with Gasteiger partial charge in [0.1, 0.15) is 0 Å². The molecule has 1 N–H and O–H groups in total. The van der Waals surface area contributed by atoms with Gasteiger partial charge in [0.15, 0.2) is 34.4 Å². The van der Waals surface area contributed by atoms with Crippen LogP contribution in [0.15, 0.2) is 48.5 Å². The minimum atomic E-state index is -2.42. The van der Waals surface area contributed by atoms with Gasteiger partial charge in [0.25, 0.3) is 0 Å². The van der Waals surface area contributed by atoms with Crippen LogP contribution in [0.2, 0.25) is 0 Å². The molecule has 12 nitrogen and oxygen atoms in total. The molecule has 17 heteroatoms. The van der Waals surface area contributed by atoms with Crippen LogP contribution < -0.4 is 10.4 Å². The molecule has 0 saturated heterocycles. The number of benzene rings is 2. The maximum atomic E-state index is 15.9. The highest BCUT2D eigenvalue weighted by Gasteiger charge is 2.31.